The third-order valence-corrected chi connectivity index (χ3v) is 4.77. The van der Waals surface area contributed by atoms with Crippen LogP contribution in [0.1, 0.15) is 42.8 Å². The van der Waals surface area contributed by atoms with Crippen molar-refractivity contribution < 1.29 is 14.0 Å². The Morgan fingerprint density at radius 1 is 1.35 bits per heavy atom. The maximum absolute atomic E-state index is 12.5. The van der Waals surface area contributed by atoms with Gasteiger partial charge in [-0.3, -0.25) is 9.59 Å². The van der Waals surface area contributed by atoms with Gasteiger partial charge in [0.2, 0.25) is 11.8 Å². The van der Waals surface area contributed by atoms with Crippen molar-refractivity contribution >= 4 is 11.8 Å². The number of hydrogen-bond acceptors (Lipinski definition) is 5. The molecule has 2 saturated heterocycles. The highest BCUT2D eigenvalue weighted by Gasteiger charge is 2.49. The third-order valence-electron chi connectivity index (χ3n) is 4.77. The number of allylic oxidation sites excluding steroid dienone is 2. The summed E-state index contributed by atoms with van der Waals surface area (Å²) in [6.45, 7) is 3.71. The predicted molar refractivity (Wildman–Crippen MR) is 82.6 cm³/mol. The van der Waals surface area contributed by atoms with Crippen LogP contribution < -0.4 is 0 Å². The van der Waals surface area contributed by atoms with Crippen molar-refractivity contribution in [3.05, 3.63) is 23.9 Å². The van der Waals surface area contributed by atoms with Crippen molar-refractivity contribution in [3.63, 3.8) is 0 Å². The first-order valence-corrected chi connectivity index (χ1v) is 8.04. The maximum atomic E-state index is 12.5. The summed E-state index contributed by atoms with van der Waals surface area (Å²) in [5, 5.41) is 7.73. The monoisotopic (exact) mass is 318 g/mol. The average Bonchev–Trinajstić information content (AvgIpc) is 3.18. The van der Waals surface area contributed by atoms with Gasteiger partial charge in [0.05, 0.1) is 5.41 Å². The van der Waals surface area contributed by atoms with Gasteiger partial charge in [0.25, 0.3) is 0 Å². The van der Waals surface area contributed by atoms with E-state index in [0.717, 1.165) is 19.4 Å². The second-order valence-corrected chi connectivity index (χ2v) is 6.36. The van der Waals surface area contributed by atoms with Gasteiger partial charge in [-0.2, -0.15) is 0 Å². The molecule has 2 fully saturated rings. The summed E-state index contributed by atoms with van der Waals surface area (Å²) in [6, 6.07) is 0. The van der Waals surface area contributed by atoms with Crippen LogP contribution in [0.2, 0.25) is 0 Å². The number of likely N-dealkylation sites (tertiary alicyclic amines) is 2. The molecule has 1 aromatic heterocycles. The average molecular weight is 318 g/mol. The molecule has 0 bridgehead atoms. The zero-order chi connectivity index (χ0) is 16.4. The summed E-state index contributed by atoms with van der Waals surface area (Å²) >= 11 is 0. The van der Waals surface area contributed by atoms with Gasteiger partial charge in [0, 0.05) is 33.1 Å². The maximum Gasteiger partial charge on any atom is 0.311 e. The lowest BCUT2D eigenvalue weighted by atomic mass is 9.78. The Labute approximate surface area is 135 Å². The number of rotatable bonds is 3. The molecular weight excluding hydrogens is 296 g/mol. The Morgan fingerprint density at radius 3 is 2.96 bits per heavy atom. The smallest absolute Gasteiger partial charge is 0.311 e. The van der Waals surface area contributed by atoms with Crippen LogP contribution in [0.3, 0.4) is 0 Å². The summed E-state index contributed by atoms with van der Waals surface area (Å²) in [7, 11) is 1.83. The first kappa shape index (κ1) is 15.7. The van der Waals surface area contributed by atoms with Crippen LogP contribution in [0.4, 0.5) is 0 Å². The lowest BCUT2D eigenvalue weighted by molar-refractivity contribution is -0.143. The van der Waals surface area contributed by atoms with Crippen LogP contribution in [0.5, 0.6) is 0 Å². The molecule has 7 heteroatoms. The lowest BCUT2D eigenvalue weighted by Gasteiger charge is -2.37. The van der Waals surface area contributed by atoms with Gasteiger partial charge in [0.1, 0.15) is 0 Å². The molecule has 3 rings (SSSR count). The van der Waals surface area contributed by atoms with E-state index in [1.807, 2.05) is 26.1 Å². The number of amides is 2. The van der Waals surface area contributed by atoms with Crippen molar-refractivity contribution in [1.29, 1.82) is 0 Å². The summed E-state index contributed by atoms with van der Waals surface area (Å²) in [5.41, 5.74) is -0.420. The van der Waals surface area contributed by atoms with Gasteiger partial charge in [-0.15, -0.1) is 10.2 Å². The number of aromatic nitrogens is 2. The highest BCUT2D eigenvalue weighted by Crippen LogP contribution is 2.39. The molecule has 23 heavy (non-hydrogen) atoms. The van der Waals surface area contributed by atoms with E-state index in [1.54, 1.807) is 9.80 Å². The summed E-state index contributed by atoms with van der Waals surface area (Å²) < 4.78 is 5.42. The normalized spacial score (nSPS) is 25.0. The van der Waals surface area contributed by atoms with Crippen molar-refractivity contribution in [3.8, 4) is 0 Å². The molecule has 2 amide bonds. The molecule has 1 spiro atoms. The molecule has 1 atom stereocenters. The van der Waals surface area contributed by atoms with Crippen molar-refractivity contribution in [2.24, 2.45) is 5.41 Å². The standard InChI is InChI=1S/C16H22N4O3/c1-3-4-6-12-17-18-13(23-12)14(21)20-10-8-16(11-20)7-5-9-19(2)15(16)22/h3-4H,5-11H2,1-2H3/b4-3+. The first-order valence-electron chi connectivity index (χ1n) is 8.04. The Kier molecular flexibility index (Phi) is 4.19. The van der Waals surface area contributed by atoms with Gasteiger partial charge >= 0.3 is 11.8 Å². The molecule has 1 aromatic rings. The van der Waals surface area contributed by atoms with Crippen molar-refractivity contribution in [1.82, 2.24) is 20.0 Å². The van der Waals surface area contributed by atoms with E-state index in [-0.39, 0.29) is 17.7 Å². The largest absolute Gasteiger partial charge is 0.417 e. The van der Waals surface area contributed by atoms with E-state index >= 15 is 0 Å². The van der Waals surface area contributed by atoms with E-state index in [2.05, 4.69) is 10.2 Å². The zero-order valence-corrected chi connectivity index (χ0v) is 13.6. The fraction of sp³-hybridized carbons (Fsp3) is 0.625. The molecule has 2 aliphatic heterocycles. The van der Waals surface area contributed by atoms with Crippen molar-refractivity contribution in [2.75, 3.05) is 26.7 Å². The molecule has 0 saturated carbocycles. The second-order valence-electron chi connectivity index (χ2n) is 6.36. The molecule has 0 aromatic carbocycles. The fourth-order valence-corrected chi connectivity index (χ4v) is 3.47. The van der Waals surface area contributed by atoms with Gasteiger partial charge in [-0.1, -0.05) is 12.2 Å². The quantitative estimate of drug-likeness (QED) is 0.784. The molecule has 3 heterocycles. The number of carbonyl (C=O) groups excluding carboxylic acids is 2. The molecule has 0 radical (unpaired) electrons. The summed E-state index contributed by atoms with van der Waals surface area (Å²) in [5.74, 6) is 0.312. The summed E-state index contributed by atoms with van der Waals surface area (Å²) in [6.07, 6.45) is 6.84. The first-order chi connectivity index (χ1) is 11.1. The SMILES string of the molecule is C/C=C/Cc1nnc(C(=O)N2CCC3(CCCN(C)C3=O)C2)o1. The minimum Gasteiger partial charge on any atom is -0.417 e. The van der Waals surface area contributed by atoms with Crippen molar-refractivity contribution in [2.45, 2.75) is 32.6 Å². The second kappa shape index (κ2) is 6.14. The highest BCUT2D eigenvalue weighted by atomic mass is 16.4. The minimum absolute atomic E-state index is 0.0122. The molecular formula is C16H22N4O3. The minimum atomic E-state index is -0.420. The van der Waals surface area contributed by atoms with Crippen LogP contribution in [-0.4, -0.2) is 58.5 Å². The Hall–Kier alpha value is -2.18. The van der Waals surface area contributed by atoms with E-state index in [4.69, 9.17) is 4.42 Å². The van der Waals surface area contributed by atoms with E-state index in [1.165, 1.54) is 0 Å². The molecule has 1 unspecified atom stereocenters. The van der Waals surface area contributed by atoms with E-state index in [0.29, 0.717) is 31.8 Å². The van der Waals surface area contributed by atoms with Crippen LogP contribution in [0, 0.1) is 5.41 Å². The molecule has 7 nitrogen and oxygen atoms in total. The Bertz CT molecular complexity index is 639. The van der Waals surface area contributed by atoms with Gasteiger partial charge in [0.15, 0.2) is 0 Å². The van der Waals surface area contributed by atoms with Gasteiger partial charge in [-0.25, -0.2) is 0 Å². The molecule has 0 aliphatic carbocycles. The van der Waals surface area contributed by atoms with Gasteiger partial charge < -0.3 is 14.2 Å². The molecule has 0 N–H and O–H groups in total. The zero-order valence-electron chi connectivity index (χ0n) is 13.6. The lowest BCUT2D eigenvalue weighted by Crippen LogP contribution is -2.48. The van der Waals surface area contributed by atoms with Gasteiger partial charge in [-0.05, 0) is 26.2 Å². The Morgan fingerprint density at radius 2 is 2.17 bits per heavy atom. The fourth-order valence-electron chi connectivity index (χ4n) is 3.47. The van der Waals surface area contributed by atoms with Crippen LogP contribution in [-0.2, 0) is 11.2 Å². The third kappa shape index (κ3) is 2.87. The Balaban J connectivity index is 1.70. The molecule has 124 valence electrons. The number of carbonyl (C=O) groups is 2. The van der Waals surface area contributed by atoms with Crippen LogP contribution in [0.15, 0.2) is 16.6 Å². The summed E-state index contributed by atoms with van der Waals surface area (Å²) in [4.78, 5) is 28.5. The van der Waals surface area contributed by atoms with E-state index < -0.39 is 5.41 Å². The number of nitrogens with zero attached hydrogens (tertiary/aromatic N) is 4. The van der Waals surface area contributed by atoms with E-state index in [9.17, 15) is 9.59 Å². The van der Waals surface area contributed by atoms with Crippen LogP contribution >= 0.6 is 0 Å². The predicted octanol–water partition coefficient (Wildman–Crippen LogP) is 1.27. The number of piperidine rings is 1. The highest BCUT2D eigenvalue weighted by molar-refractivity contribution is 5.91. The van der Waals surface area contributed by atoms with Crippen LogP contribution in [0.25, 0.3) is 0 Å². The molecule has 2 aliphatic rings. The number of hydrogen-bond donors (Lipinski definition) is 0. The topological polar surface area (TPSA) is 79.5 Å².